The topological polar surface area (TPSA) is 29.5 Å². The van der Waals surface area contributed by atoms with Gasteiger partial charge in [0.2, 0.25) is 0 Å². The van der Waals surface area contributed by atoms with Crippen LogP contribution in [0.1, 0.15) is 20.3 Å². The Morgan fingerprint density at radius 1 is 1.67 bits per heavy atom. The van der Waals surface area contributed by atoms with Gasteiger partial charge in [0.25, 0.3) is 0 Å². The van der Waals surface area contributed by atoms with Gasteiger partial charge in [0.05, 0.1) is 12.7 Å². The molecule has 0 aromatic carbocycles. The molecule has 2 fully saturated rings. The summed E-state index contributed by atoms with van der Waals surface area (Å²) in [4.78, 5) is 0. The SMILES string of the molecule is C=C1C2CC(O)C1(C)OCC2C. The standard InChI is InChI=1S/C10H16O2/c1-6-5-12-10(3)7(2)8(6)4-9(10)11/h6,8-9,11H,2,4-5H2,1,3H3. The number of aliphatic hydroxyl groups is 1. The molecule has 0 aromatic rings. The van der Waals surface area contributed by atoms with Gasteiger partial charge in [-0.1, -0.05) is 13.5 Å². The first-order valence-electron chi connectivity index (χ1n) is 4.57. The van der Waals surface area contributed by atoms with Crippen molar-refractivity contribution in [2.24, 2.45) is 11.8 Å². The smallest absolute Gasteiger partial charge is 0.112 e. The number of fused-ring (bicyclic) bond motifs is 2. The average Bonchev–Trinajstić information content (AvgIpc) is 2.17. The lowest BCUT2D eigenvalue weighted by Crippen LogP contribution is -2.42. The van der Waals surface area contributed by atoms with Crippen LogP contribution in [0, 0.1) is 11.8 Å². The van der Waals surface area contributed by atoms with Gasteiger partial charge in [0, 0.05) is 0 Å². The molecular formula is C10H16O2. The van der Waals surface area contributed by atoms with Crippen LogP contribution in [0.15, 0.2) is 12.2 Å². The molecule has 4 atom stereocenters. The van der Waals surface area contributed by atoms with E-state index in [0.29, 0.717) is 11.8 Å². The van der Waals surface area contributed by atoms with E-state index in [9.17, 15) is 5.11 Å². The highest BCUT2D eigenvalue weighted by molar-refractivity contribution is 5.27. The molecule has 2 bridgehead atoms. The minimum absolute atomic E-state index is 0.347. The summed E-state index contributed by atoms with van der Waals surface area (Å²) in [5.74, 6) is 0.987. The summed E-state index contributed by atoms with van der Waals surface area (Å²) >= 11 is 0. The van der Waals surface area contributed by atoms with Crippen molar-refractivity contribution in [2.45, 2.75) is 32.0 Å². The van der Waals surface area contributed by atoms with Crippen molar-refractivity contribution in [2.75, 3.05) is 6.61 Å². The summed E-state index contributed by atoms with van der Waals surface area (Å²) in [7, 11) is 0. The summed E-state index contributed by atoms with van der Waals surface area (Å²) < 4.78 is 5.64. The van der Waals surface area contributed by atoms with Crippen LogP contribution in [-0.4, -0.2) is 23.4 Å². The van der Waals surface area contributed by atoms with E-state index >= 15 is 0 Å². The van der Waals surface area contributed by atoms with Gasteiger partial charge < -0.3 is 9.84 Å². The van der Waals surface area contributed by atoms with Crippen LogP contribution in [0.25, 0.3) is 0 Å². The molecule has 0 radical (unpaired) electrons. The number of hydrogen-bond acceptors (Lipinski definition) is 2. The van der Waals surface area contributed by atoms with Gasteiger partial charge in [-0.2, -0.15) is 0 Å². The second kappa shape index (κ2) is 2.33. The fourth-order valence-corrected chi connectivity index (χ4v) is 2.38. The van der Waals surface area contributed by atoms with Crippen molar-refractivity contribution in [3.63, 3.8) is 0 Å². The Labute approximate surface area is 73.2 Å². The lowest BCUT2D eigenvalue weighted by atomic mass is 9.84. The fraction of sp³-hybridized carbons (Fsp3) is 0.800. The van der Waals surface area contributed by atoms with Crippen molar-refractivity contribution in [3.05, 3.63) is 12.2 Å². The first-order valence-corrected chi connectivity index (χ1v) is 4.57. The van der Waals surface area contributed by atoms with E-state index in [-0.39, 0.29) is 6.10 Å². The zero-order valence-corrected chi connectivity index (χ0v) is 7.71. The van der Waals surface area contributed by atoms with Gasteiger partial charge in [0.15, 0.2) is 0 Å². The Hall–Kier alpha value is -0.340. The molecule has 1 aliphatic carbocycles. The third kappa shape index (κ3) is 0.824. The van der Waals surface area contributed by atoms with Gasteiger partial charge >= 0.3 is 0 Å². The molecule has 12 heavy (non-hydrogen) atoms. The highest BCUT2D eigenvalue weighted by Crippen LogP contribution is 2.48. The van der Waals surface area contributed by atoms with E-state index in [4.69, 9.17) is 4.74 Å². The molecule has 1 saturated carbocycles. The largest absolute Gasteiger partial charge is 0.390 e. The van der Waals surface area contributed by atoms with Crippen molar-refractivity contribution < 1.29 is 9.84 Å². The Morgan fingerprint density at radius 3 is 2.92 bits per heavy atom. The second-order valence-electron chi connectivity index (χ2n) is 4.28. The zero-order chi connectivity index (χ0) is 8.93. The van der Waals surface area contributed by atoms with Crippen LogP contribution >= 0.6 is 0 Å². The summed E-state index contributed by atoms with van der Waals surface area (Å²) in [6.07, 6.45) is 0.483. The lowest BCUT2D eigenvalue weighted by molar-refractivity contribution is -0.0863. The fourth-order valence-electron chi connectivity index (χ4n) is 2.38. The maximum absolute atomic E-state index is 9.76. The molecule has 0 aromatic heterocycles. The predicted octanol–water partition coefficient (Wildman–Crippen LogP) is 1.35. The van der Waals surface area contributed by atoms with Crippen LogP contribution < -0.4 is 0 Å². The number of rotatable bonds is 0. The molecule has 0 spiro atoms. The molecule has 1 saturated heterocycles. The Kier molecular flexibility index (Phi) is 1.61. The molecule has 2 aliphatic rings. The van der Waals surface area contributed by atoms with Crippen molar-refractivity contribution in [3.8, 4) is 0 Å². The first-order chi connectivity index (χ1) is 5.55. The molecule has 68 valence electrons. The predicted molar refractivity (Wildman–Crippen MR) is 46.8 cm³/mol. The van der Waals surface area contributed by atoms with E-state index in [1.165, 1.54) is 0 Å². The van der Waals surface area contributed by atoms with Gasteiger partial charge in [-0.05, 0) is 30.8 Å². The summed E-state index contributed by atoms with van der Waals surface area (Å²) in [5, 5.41) is 9.76. The van der Waals surface area contributed by atoms with Gasteiger partial charge in [0.1, 0.15) is 5.60 Å². The summed E-state index contributed by atoms with van der Waals surface area (Å²) in [5.41, 5.74) is 0.644. The minimum Gasteiger partial charge on any atom is -0.390 e. The quantitative estimate of drug-likeness (QED) is 0.553. The zero-order valence-electron chi connectivity index (χ0n) is 7.71. The van der Waals surface area contributed by atoms with E-state index in [1.54, 1.807) is 0 Å². The monoisotopic (exact) mass is 168 g/mol. The maximum atomic E-state index is 9.76. The number of aliphatic hydroxyl groups excluding tert-OH is 1. The average molecular weight is 168 g/mol. The van der Waals surface area contributed by atoms with E-state index < -0.39 is 5.60 Å². The minimum atomic E-state index is -0.447. The Bertz CT molecular complexity index is 224. The number of hydrogen-bond donors (Lipinski definition) is 1. The van der Waals surface area contributed by atoms with E-state index in [1.807, 2.05) is 6.92 Å². The van der Waals surface area contributed by atoms with Crippen LogP contribution in [0.2, 0.25) is 0 Å². The molecule has 2 nitrogen and oxygen atoms in total. The first kappa shape index (κ1) is 8.27. The maximum Gasteiger partial charge on any atom is 0.112 e. The van der Waals surface area contributed by atoms with Crippen LogP contribution in [0.4, 0.5) is 0 Å². The van der Waals surface area contributed by atoms with Crippen LogP contribution in [-0.2, 0) is 4.74 Å². The van der Waals surface area contributed by atoms with Crippen molar-refractivity contribution in [1.29, 1.82) is 0 Å². The molecule has 4 unspecified atom stereocenters. The van der Waals surface area contributed by atoms with Crippen molar-refractivity contribution in [1.82, 2.24) is 0 Å². The summed E-state index contributed by atoms with van der Waals surface area (Å²) in [6.45, 7) is 8.90. The van der Waals surface area contributed by atoms with Gasteiger partial charge in [-0.15, -0.1) is 0 Å². The third-order valence-electron chi connectivity index (χ3n) is 3.53. The third-order valence-corrected chi connectivity index (χ3v) is 3.53. The molecule has 1 heterocycles. The highest BCUT2D eigenvalue weighted by atomic mass is 16.5. The molecule has 0 amide bonds. The second-order valence-corrected chi connectivity index (χ2v) is 4.28. The van der Waals surface area contributed by atoms with Crippen LogP contribution in [0.3, 0.4) is 0 Å². The van der Waals surface area contributed by atoms with Crippen LogP contribution in [0.5, 0.6) is 0 Å². The van der Waals surface area contributed by atoms with Gasteiger partial charge in [-0.3, -0.25) is 0 Å². The molecule has 1 aliphatic heterocycles. The molecule has 2 rings (SSSR count). The normalized spacial score (nSPS) is 52.9. The molecule has 2 heteroatoms. The Morgan fingerprint density at radius 2 is 2.33 bits per heavy atom. The molecular weight excluding hydrogens is 152 g/mol. The highest BCUT2D eigenvalue weighted by Gasteiger charge is 2.52. The summed E-state index contributed by atoms with van der Waals surface area (Å²) in [6, 6.07) is 0. The van der Waals surface area contributed by atoms with E-state index in [0.717, 1.165) is 18.6 Å². The van der Waals surface area contributed by atoms with Crippen molar-refractivity contribution >= 4 is 0 Å². The van der Waals surface area contributed by atoms with Gasteiger partial charge in [-0.25, -0.2) is 0 Å². The number of ether oxygens (including phenoxy) is 1. The lowest BCUT2D eigenvalue weighted by Gasteiger charge is -2.36. The molecule has 1 N–H and O–H groups in total. The van der Waals surface area contributed by atoms with E-state index in [2.05, 4.69) is 13.5 Å². The Balaban J connectivity index is 2.34.